The average molecular weight is 346 g/mol. The molecule has 2 aromatic carbocycles. The van der Waals surface area contributed by atoms with E-state index < -0.39 is 0 Å². The molecule has 0 unspecified atom stereocenters. The Labute approximate surface area is 152 Å². The summed E-state index contributed by atoms with van der Waals surface area (Å²) < 4.78 is 4.18. The molecule has 0 bridgehead atoms. The number of imidazole rings is 1. The SMILES string of the molecule is CC(C)n1cc(CC(=O)Nc2ccc3c(c2)ncn3C)c2ccccc21. The maximum absolute atomic E-state index is 12.6. The molecule has 4 rings (SSSR count). The van der Waals surface area contributed by atoms with Gasteiger partial charge >= 0.3 is 0 Å². The van der Waals surface area contributed by atoms with Gasteiger partial charge in [0.05, 0.1) is 23.8 Å². The molecule has 2 aromatic heterocycles. The van der Waals surface area contributed by atoms with Crippen LogP contribution in [0.25, 0.3) is 21.9 Å². The smallest absolute Gasteiger partial charge is 0.228 e. The Bertz CT molecular complexity index is 1100. The van der Waals surface area contributed by atoms with Gasteiger partial charge in [-0.3, -0.25) is 4.79 Å². The Morgan fingerprint density at radius 1 is 1.15 bits per heavy atom. The van der Waals surface area contributed by atoms with Gasteiger partial charge in [-0.2, -0.15) is 0 Å². The highest BCUT2D eigenvalue weighted by Gasteiger charge is 2.13. The second-order valence-electron chi connectivity index (χ2n) is 6.96. The lowest BCUT2D eigenvalue weighted by Crippen LogP contribution is -2.14. The molecule has 0 atom stereocenters. The van der Waals surface area contributed by atoms with Crippen molar-refractivity contribution in [1.82, 2.24) is 14.1 Å². The number of hydrogen-bond acceptors (Lipinski definition) is 2. The van der Waals surface area contributed by atoms with Crippen LogP contribution in [0, 0.1) is 0 Å². The summed E-state index contributed by atoms with van der Waals surface area (Å²) in [6.45, 7) is 4.30. The number of anilines is 1. The first-order valence-corrected chi connectivity index (χ1v) is 8.82. The molecule has 26 heavy (non-hydrogen) atoms. The van der Waals surface area contributed by atoms with Crippen molar-refractivity contribution in [3.8, 4) is 0 Å². The number of benzene rings is 2. The van der Waals surface area contributed by atoms with Crippen LogP contribution < -0.4 is 5.32 Å². The van der Waals surface area contributed by atoms with E-state index in [2.05, 4.69) is 47.0 Å². The Morgan fingerprint density at radius 2 is 1.96 bits per heavy atom. The van der Waals surface area contributed by atoms with Crippen molar-refractivity contribution in [3.05, 3.63) is 60.6 Å². The van der Waals surface area contributed by atoms with Crippen molar-refractivity contribution < 1.29 is 4.79 Å². The van der Waals surface area contributed by atoms with E-state index in [4.69, 9.17) is 0 Å². The van der Waals surface area contributed by atoms with E-state index in [1.54, 1.807) is 6.33 Å². The maximum atomic E-state index is 12.6. The molecule has 1 amide bonds. The summed E-state index contributed by atoms with van der Waals surface area (Å²) in [6, 6.07) is 14.4. The molecule has 0 saturated heterocycles. The number of rotatable bonds is 4. The molecule has 0 aliphatic rings. The number of para-hydroxylation sites is 1. The number of carbonyl (C=O) groups excluding carboxylic acids is 1. The van der Waals surface area contributed by atoms with Crippen molar-refractivity contribution in [3.63, 3.8) is 0 Å². The van der Waals surface area contributed by atoms with Crippen LogP contribution in [0.4, 0.5) is 5.69 Å². The number of nitrogens with one attached hydrogen (secondary N) is 1. The molecule has 5 nitrogen and oxygen atoms in total. The number of hydrogen-bond donors (Lipinski definition) is 1. The fourth-order valence-corrected chi connectivity index (χ4v) is 3.44. The lowest BCUT2D eigenvalue weighted by Gasteiger charge is -2.08. The number of carbonyl (C=O) groups is 1. The third-order valence-corrected chi connectivity index (χ3v) is 4.74. The number of fused-ring (bicyclic) bond motifs is 2. The molecule has 0 spiro atoms. The first-order chi connectivity index (χ1) is 12.5. The van der Waals surface area contributed by atoms with Crippen LogP contribution in [0.2, 0.25) is 0 Å². The van der Waals surface area contributed by atoms with Gasteiger partial charge in [-0.15, -0.1) is 0 Å². The highest BCUT2D eigenvalue weighted by molar-refractivity contribution is 5.97. The van der Waals surface area contributed by atoms with Crippen LogP contribution in [-0.2, 0) is 18.3 Å². The predicted octanol–water partition coefficient (Wildman–Crippen LogP) is 4.29. The molecule has 0 radical (unpaired) electrons. The topological polar surface area (TPSA) is 51.9 Å². The quantitative estimate of drug-likeness (QED) is 0.599. The highest BCUT2D eigenvalue weighted by Crippen LogP contribution is 2.25. The van der Waals surface area contributed by atoms with Crippen molar-refractivity contribution >= 4 is 33.5 Å². The predicted molar refractivity (Wildman–Crippen MR) is 105 cm³/mol. The minimum Gasteiger partial charge on any atom is -0.345 e. The zero-order valence-corrected chi connectivity index (χ0v) is 15.2. The molecule has 5 heteroatoms. The summed E-state index contributed by atoms with van der Waals surface area (Å²) >= 11 is 0. The van der Waals surface area contributed by atoms with Gasteiger partial charge in [0, 0.05) is 35.9 Å². The molecular weight excluding hydrogens is 324 g/mol. The molecule has 0 aliphatic heterocycles. The Balaban J connectivity index is 1.58. The minimum atomic E-state index is -0.0214. The summed E-state index contributed by atoms with van der Waals surface area (Å²) in [4.78, 5) is 16.9. The standard InChI is InChI=1S/C21H22N4O/c1-14(2)25-12-15(17-6-4-5-7-19(17)25)10-21(26)23-16-8-9-20-18(11-16)22-13-24(20)3/h4-9,11-14H,10H2,1-3H3,(H,23,26). The second-order valence-corrected chi connectivity index (χ2v) is 6.96. The van der Waals surface area contributed by atoms with Gasteiger partial charge in [0.2, 0.25) is 5.91 Å². The summed E-state index contributed by atoms with van der Waals surface area (Å²) in [5.41, 5.74) is 4.91. The van der Waals surface area contributed by atoms with Gasteiger partial charge in [0.25, 0.3) is 0 Å². The molecule has 0 saturated carbocycles. The third-order valence-electron chi connectivity index (χ3n) is 4.74. The van der Waals surface area contributed by atoms with Gasteiger partial charge in [0.1, 0.15) is 0 Å². The fourth-order valence-electron chi connectivity index (χ4n) is 3.44. The largest absolute Gasteiger partial charge is 0.345 e. The van der Waals surface area contributed by atoms with Gasteiger partial charge in [-0.05, 0) is 43.7 Å². The lowest BCUT2D eigenvalue weighted by atomic mass is 10.1. The van der Waals surface area contributed by atoms with Crippen molar-refractivity contribution in [1.29, 1.82) is 0 Å². The number of aromatic nitrogens is 3. The molecule has 2 heterocycles. The zero-order valence-electron chi connectivity index (χ0n) is 15.2. The van der Waals surface area contributed by atoms with E-state index in [0.29, 0.717) is 12.5 Å². The molecule has 4 aromatic rings. The fraction of sp³-hybridized carbons (Fsp3) is 0.238. The van der Waals surface area contributed by atoms with Crippen LogP contribution in [0.15, 0.2) is 55.0 Å². The Morgan fingerprint density at radius 3 is 2.77 bits per heavy atom. The zero-order chi connectivity index (χ0) is 18.3. The number of aryl methyl sites for hydroxylation is 1. The summed E-state index contributed by atoms with van der Waals surface area (Å²) in [5.74, 6) is -0.0214. The number of nitrogens with zero attached hydrogens (tertiary/aromatic N) is 3. The molecular formula is C21H22N4O. The summed E-state index contributed by atoms with van der Waals surface area (Å²) in [7, 11) is 1.96. The average Bonchev–Trinajstić information content (AvgIpc) is 3.16. The second kappa shape index (κ2) is 6.33. The molecule has 0 fully saturated rings. The van der Waals surface area contributed by atoms with Crippen LogP contribution in [0.5, 0.6) is 0 Å². The highest BCUT2D eigenvalue weighted by atomic mass is 16.1. The van der Waals surface area contributed by atoms with E-state index >= 15 is 0 Å². The van der Waals surface area contributed by atoms with E-state index in [9.17, 15) is 4.79 Å². The van der Waals surface area contributed by atoms with Gasteiger partial charge in [0.15, 0.2) is 0 Å². The van der Waals surface area contributed by atoms with E-state index in [0.717, 1.165) is 27.7 Å². The monoisotopic (exact) mass is 346 g/mol. The normalized spacial score (nSPS) is 11.5. The van der Waals surface area contributed by atoms with E-state index in [1.807, 2.05) is 41.9 Å². The summed E-state index contributed by atoms with van der Waals surface area (Å²) in [5, 5.41) is 4.13. The van der Waals surface area contributed by atoms with E-state index in [1.165, 1.54) is 5.52 Å². The van der Waals surface area contributed by atoms with Crippen LogP contribution in [0.3, 0.4) is 0 Å². The molecule has 1 N–H and O–H groups in total. The Kier molecular flexibility index (Phi) is 3.99. The van der Waals surface area contributed by atoms with Crippen LogP contribution in [-0.4, -0.2) is 20.0 Å². The van der Waals surface area contributed by atoms with Crippen molar-refractivity contribution in [2.45, 2.75) is 26.3 Å². The molecule has 0 aliphatic carbocycles. The number of amides is 1. The van der Waals surface area contributed by atoms with E-state index in [-0.39, 0.29) is 5.91 Å². The first-order valence-electron chi connectivity index (χ1n) is 8.82. The first kappa shape index (κ1) is 16.4. The van der Waals surface area contributed by atoms with Crippen LogP contribution >= 0.6 is 0 Å². The van der Waals surface area contributed by atoms with Gasteiger partial charge in [-0.1, -0.05) is 18.2 Å². The molecule has 132 valence electrons. The van der Waals surface area contributed by atoms with Crippen molar-refractivity contribution in [2.24, 2.45) is 7.05 Å². The van der Waals surface area contributed by atoms with Crippen molar-refractivity contribution in [2.75, 3.05) is 5.32 Å². The van der Waals surface area contributed by atoms with Gasteiger partial charge in [-0.25, -0.2) is 4.98 Å². The Hall–Kier alpha value is -3.08. The minimum absolute atomic E-state index is 0.0214. The lowest BCUT2D eigenvalue weighted by molar-refractivity contribution is -0.115. The summed E-state index contributed by atoms with van der Waals surface area (Å²) in [6.07, 6.45) is 4.22. The third kappa shape index (κ3) is 2.86. The van der Waals surface area contributed by atoms with Gasteiger partial charge < -0.3 is 14.5 Å². The van der Waals surface area contributed by atoms with Crippen LogP contribution in [0.1, 0.15) is 25.5 Å². The maximum Gasteiger partial charge on any atom is 0.228 e.